The molecule has 3 heterocycles. The topological polar surface area (TPSA) is 39.4 Å². The van der Waals surface area contributed by atoms with Crippen LogP contribution in [0.1, 0.15) is 26.0 Å². The number of ether oxygens (including phenoxy) is 1. The van der Waals surface area contributed by atoms with E-state index in [1.54, 1.807) is 0 Å². The van der Waals surface area contributed by atoms with Crippen molar-refractivity contribution < 1.29 is 4.74 Å². The number of fused-ring (bicyclic) bond motifs is 6. The van der Waals surface area contributed by atoms with Crippen LogP contribution < -0.4 is 4.74 Å². The van der Waals surface area contributed by atoms with Gasteiger partial charge in [-0.2, -0.15) is 0 Å². The molecule has 3 aromatic heterocycles. The molecular formula is C28H23N3O. The van der Waals surface area contributed by atoms with Gasteiger partial charge in [-0.1, -0.05) is 31.2 Å². The van der Waals surface area contributed by atoms with Gasteiger partial charge in [0.2, 0.25) is 0 Å². The van der Waals surface area contributed by atoms with Crippen LogP contribution in [0.3, 0.4) is 0 Å². The number of nitrogens with zero attached hydrogens (tertiary/aromatic N) is 3. The Morgan fingerprint density at radius 2 is 1.78 bits per heavy atom. The van der Waals surface area contributed by atoms with Gasteiger partial charge in [0.05, 0.1) is 11.2 Å². The van der Waals surface area contributed by atoms with Crippen LogP contribution in [-0.2, 0) is 0 Å². The minimum Gasteiger partial charge on any atom is -0.457 e. The maximum Gasteiger partial charge on any atom is 0.145 e. The first-order valence-corrected chi connectivity index (χ1v) is 11.0. The summed E-state index contributed by atoms with van der Waals surface area (Å²) in [5, 5.41) is 3.47. The SMILES string of the molecule is CC1=C(Oc2ccc3c4ccccc4n4ccnc4c3c2)C=C(c2ccccn2)C(C)C1. The molecule has 0 spiro atoms. The molecule has 0 bridgehead atoms. The molecule has 5 aromatic rings. The number of benzene rings is 2. The van der Waals surface area contributed by atoms with E-state index in [4.69, 9.17) is 4.74 Å². The fraction of sp³-hybridized carbons (Fsp3) is 0.143. The second-order valence-corrected chi connectivity index (χ2v) is 8.51. The summed E-state index contributed by atoms with van der Waals surface area (Å²) in [6.45, 7) is 4.40. The maximum atomic E-state index is 6.45. The van der Waals surface area contributed by atoms with E-state index in [9.17, 15) is 0 Å². The molecule has 0 saturated heterocycles. The number of hydrogen-bond acceptors (Lipinski definition) is 3. The van der Waals surface area contributed by atoms with Crippen LogP contribution in [0.25, 0.3) is 32.9 Å². The number of allylic oxidation sites excluding steroid dienone is 3. The number of para-hydroxylation sites is 1. The highest BCUT2D eigenvalue weighted by atomic mass is 16.5. The molecule has 32 heavy (non-hydrogen) atoms. The molecular weight excluding hydrogens is 394 g/mol. The van der Waals surface area contributed by atoms with Crippen molar-refractivity contribution in [2.75, 3.05) is 0 Å². The van der Waals surface area contributed by atoms with E-state index in [1.807, 2.05) is 30.7 Å². The zero-order valence-electron chi connectivity index (χ0n) is 18.1. The van der Waals surface area contributed by atoms with Gasteiger partial charge >= 0.3 is 0 Å². The van der Waals surface area contributed by atoms with E-state index in [0.717, 1.165) is 40.2 Å². The minimum atomic E-state index is 0.407. The highest BCUT2D eigenvalue weighted by Crippen LogP contribution is 2.37. The summed E-state index contributed by atoms with van der Waals surface area (Å²) >= 11 is 0. The van der Waals surface area contributed by atoms with E-state index >= 15 is 0 Å². The van der Waals surface area contributed by atoms with Crippen molar-refractivity contribution in [3.63, 3.8) is 0 Å². The van der Waals surface area contributed by atoms with Crippen molar-refractivity contribution >= 4 is 32.9 Å². The Hall–Kier alpha value is -3.92. The van der Waals surface area contributed by atoms with E-state index in [1.165, 1.54) is 21.9 Å². The predicted molar refractivity (Wildman–Crippen MR) is 130 cm³/mol. The van der Waals surface area contributed by atoms with Gasteiger partial charge in [-0.3, -0.25) is 9.38 Å². The molecule has 1 aliphatic rings. The standard InChI is InChI=1S/C28H23N3O/c1-18-15-19(2)27(17-23(18)25-8-5-6-12-29-25)32-20-10-11-21-22-7-3-4-9-26(22)31-14-13-30-28(31)24(21)16-20/h3-14,16-18H,15H2,1-2H3. The van der Waals surface area contributed by atoms with Gasteiger partial charge in [0.1, 0.15) is 17.2 Å². The normalized spacial score (nSPS) is 16.7. The lowest BCUT2D eigenvalue weighted by Gasteiger charge is -2.24. The van der Waals surface area contributed by atoms with Gasteiger partial charge < -0.3 is 4.74 Å². The van der Waals surface area contributed by atoms with E-state index in [-0.39, 0.29) is 0 Å². The van der Waals surface area contributed by atoms with Gasteiger partial charge in [-0.25, -0.2) is 4.98 Å². The summed E-state index contributed by atoms with van der Waals surface area (Å²) in [6, 6.07) is 20.8. The quantitative estimate of drug-likeness (QED) is 0.303. The van der Waals surface area contributed by atoms with Crippen LogP contribution in [0.2, 0.25) is 0 Å². The summed E-state index contributed by atoms with van der Waals surface area (Å²) in [6.07, 6.45) is 8.83. The first-order valence-electron chi connectivity index (χ1n) is 11.0. The maximum absolute atomic E-state index is 6.45. The molecule has 0 saturated carbocycles. The molecule has 0 fully saturated rings. The molecule has 0 radical (unpaired) electrons. The molecule has 156 valence electrons. The van der Waals surface area contributed by atoms with Crippen LogP contribution in [0.15, 0.2) is 96.7 Å². The van der Waals surface area contributed by atoms with E-state index < -0.39 is 0 Å². The summed E-state index contributed by atoms with van der Waals surface area (Å²) in [5.74, 6) is 2.13. The average molecular weight is 418 g/mol. The smallest absolute Gasteiger partial charge is 0.145 e. The third-order valence-corrected chi connectivity index (χ3v) is 6.37. The van der Waals surface area contributed by atoms with Gasteiger partial charge in [-0.05, 0) is 78.3 Å². The fourth-order valence-electron chi connectivity index (χ4n) is 4.80. The second-order valence-electron chi connectivity index (χ2n) is 8.51. The lowest BCUT2D eigenvalue weighted by molar-refractivity contribution is 0.429. The van der Waals surface area contributed by atoms with Crippen molar-refractivity contribution in [2.24, 2.45) is 5.92 Å². The molecule has 4 heteroatoms. The first-order chi connectivity index (χ1) is 15.7. The Morgan fingerprint density at radius 1 is 0.906 bits per heavy atom. The first kappa shape index (κ1) is 18.8. The molecule has 0 amide bonds. The molecule has 1 aliphatic carbocycles. The van der Waals surface area contributed by atoms with Crippen molar-refractivity contribution in [3.8, 4) is 5.75 Å². The Kier molecular flexibility index (Phi) is 4.32. The Bertz CT molecular complexity index is 1540. The summed E-state index contributed by atoms with van der Waals surface area (Å²) < 4.78 is 8.60. The molecule has 1 atom stereocenters. The lowest BCUT2D eigenvalue weighted by Crippen LogP contribution is -2.11. The van der Waals surface area contributed by atoms with Crippen molar-refractivity contribution in [1.82, 2.24) is 14.4 Å². The predicted octanol–water partition coefficient (Wildman–Crippen LogP) is 6.81. The summed E-state index contributed by atoms with van der Waals surface area (Å²) in [5.41, 5.74) is 5.58. The Balaban J connectivity index is 1.46. The second kappa shape index (κ2) is 7.34. The minimum absolute atomic E-state index is 0.407. The molecule has 0 N–H and O–H groups in total. The summed E-state index contributed by atoms with van der Waals surface area (Å²) in [4.78, 5) is 9.20. The molecule has 6 rings (SSSR count). The van der Waals surface area contributed by atoms with Crippen LogP contribution in [0, 0.1) is 5.92 Å². The molecule has 4 nitrogen and oxygen atoms in total. The number of rotatable bonds is 3. The zero-order valence-corrected chi connectivity index (χ0v) is 18.1. The molecule has 2 aromatic carbocycles. The van der Waals surface area contributed by atoms with Crippen LogP contribution in [0.4, 0.5) is 0 Å². The van der Waals surface area contributed by atoms with Crippen LogP contribution in [-0.4, -0.2) is 14.4 Å². The third-order valence-electron chi connectivity index (χ3n) is 6.37. The van der Waals surface area contributed by atoms with E-state index in [2.05, 4.69) is 82.8 Å². The van der Waals surface area contributed by atoms with Crippen LogP contribution in [0.5, 0.6) is 5.75 Å². The Morgan fingerprint density at radius 3 is 2.66 bits per heavy atom. The zero-order chi connectivity index (χ0) is 21.7. The highest BCUT2D eigenvalue weighted by Gasteiger charge is 2.21. The largest absolute Gasteiger partial charge is 0.457 e. The van der Waals surface area contributed by atoms with Gasteiger partial charge in [-0.15, -0.1) is 0 Å². The monoisotopic (exact) mass is 417 g/mol. The number of imidazole rings is 1. The molecule has 1 unspecified atom stereocenters. The van der Waals surface area contributed by atoms with Gasteiger partial charge in [0.25, 0.3) is 0 Å². The third kappa shape index (κ3) is 2.99. The Labute approximate surface area is 186 Å². The van der Waals surface area contributed by atoms with Crippen LogP contribution >= 0.6 is 0 Å². The average Bonchev–Trinajstić information content (AvgIpc) is 3.32. The van der Waals surface area contributed by atoms with E-state index in [0.29, 0.717) is 5.92 Å². The fourth-order valence-corrected chi connectivity index (χ4v) is 4.80. The molecule has 0 aliphatic heterocycles. The highest BCUT2D eigenvalue weighted by molar-refractivity contribution is 6.12. The number of hydrogen-bond donors (Lipinski definition) is 0. The number of pyridine rings is 2. The number of aromatic nitrogens is 3. The summed E-state index contributed by atoms with van der Waals surface area (Å²) in [7, 11) is 0. The van der Waals surface area contributed by atoms with Crippen molar-refractivity contribution in [2.45, 2.75) is 20.3 Å². The van der Waals surface area contributed by atoms with Crippen molar-refractivity contribution in [1.29, 1.82) is 0 Å². The lowest BCUT2D eigenvalue weighted by atomic mass is 9.86. The van der Waals surface area contributed by atoms with Gasteiger partial charge in [0, 0.05) is 29.4 Å². The van der Waals surface area contributed by atoms with Crippen molar-refractivity contribution in [3.05, 3.63) is 102 Å². The van der Waals surface area contributed by atoms with Gasteiger partial charge in [0.15, 0.2) is 0 Å².